The molecule has 0 fully saturated rings. The van der Waals surface area contributed by atoms with E-state index >= 15 is 0 Å². The van der Waals surface area contributed by atoms with Gasteiger partial charge in [-0.1, -0.05) is 115 Å². The van der Waals surface area contributed by atoms with Crippen molar-refractivity contribution < 1.29 is 4.42 Å². The molecule has 1 aliphatic heterocycles. The molecule has 7 aromatic carbocycles. The maximum absolute atomic E-state index is 6.65. The van der Waals surface area contributed by atoms with Crippen molar-refractivity contribution in [2.45, 2.75) is 6.92 Å². The van der Waals surface area contributed by atoms with E-state index in [1.807, 2.05) is 25.2 Å². The van der Waals surface area contributed by atoms with Gasteiger partial charge >= 0.3 is 0 Å². The number of benzene rings is 7. The van der Waals surface area contributed by atoms with Gasteiger partial charge in [0.1, 0.15) is 16.8 Å². The van der Waals surface area contributed by atoms with Crippen molar-refractivity contribution in [1.82, 2.24) is 4.57 Å². The lowest BCUT2D eigenvalue weighted by molar-refractivity contribution is 0.575. The second-order valence-electron chi connectivity index (χ2n) is 13.6. The number of hydrogen-bond acceptors (Lipinski definition) is 3. The van der Waals surface area contributed by atoms with Crippen LogP contribution in [0.3, 0.4) is 0 Å². The zero-order valence-corrected chi connectivity index (χ0v) is 29.5. The predicted octanol–water partition coefficient (Wildman–Crippen LogP) is 10.8. The van der Waals surface area contributed by atoms with E-state index in [2.05, 4.69) is 174 Å². The van der Waals surface area contributed by atoms with Crippen LogP contribution in [0.1, 0.15) is 18.1 Å². The Morgan fingerprint density at radius 1 is 0.585 bits per heavy atom. The Kier molecular flexibility index (Phi) is 7.22. The number of aliphatic imine (C=N–C) groups is 1. The van der Waals surface area contributed by atoms with E-state index < -0.39 is 0 Å². The fraction of sp³-hybridized carbons (Fsp3) is 0.0408. The zero-order chi connectivity index (χ0) is 35.5. The molecule has 4 nitrogen and oxygen atoms in total. The lowest BCUT2D eigenvalue weighted by Gasteiger charge is -2.29. The molecule has 4 heteroatoms. The molecular weight excluding hydrogens is 647 g/mol. The molecule has 252 valence electrons. The molecule has 9 aromatic rings. The number of aromatic nitrogens is 1. The average molecular weight is 682 g/mol. The molecule has 0 aliphatic carbocycles. The van der Waals surface area contributed by atoms with E-state index in [1.165, 1.54) is 32.6 Å². The summed E-state index contributed by atoms with van der Waals surface area (Å²) in [7, 11) is 2.12. The SMILES string of the molecule is C\C=C/C=c1/oc2ccc(-c3ccc4c(c3)c3ccccc3n4-c3ccccc3)cc2/c1=C1\N=C(c2ccccc2)c2cc3ccccc3cc2N1C. The summed E-state index contributed by atoms with van der Waals surface area (Å²) in [4.78, 5) is 7.73. The maximum atomic E-state index is 6.65. The number of nitrogens with zero attached hydrogens (tertiary/aromatic N) is 3. The minimum atomic E-state index is 0.777. The Balaban J connectivity index is 1.24. The van der Waals surface area contributed by atoms with Gasteiger partial charge in [0, 0.05) is 40.0 Å². The highest BCUT2D eigenvalue weighted by molar-refractivity contribution is 6.21. The van der Waals surface area contributed by atoms with Crippen molar-refractivity contribution in [3.05, 3.63) is 192 Å². The lowest BCUT2D eigenvalue weighted by atomic mass is 9.95. The summed E-state index contributed by atoms with van der Waals surface area (Å²) in [6.45, 7) is 2.02. The molecule has 0 spiro atoms. The van der Waals surface area contributed by atoms with Gasteiger partial charge in [0.05, 0.1) is 27.7 Å². The first-order valence-corrected chi connectivity index (χ1v) is 18.1. The van der Waals surface area contributed by atoms with Gasteiger partial charge in [0.15, 0.2) is 0 Å². The molecule has 0 saturated heterocycles. The molecule has 0 bridgehead atoms. The number of anilines is 1. The first-order valence-electron chi connectivity index (χ1n) is 18.1. The Hall–Kier alpha value is -6.91. The van der Waals surface area contributed by atoms with Crippen molar-refractivity contribution in [3.8, 4) is 16.8 Å². The largest absolute Gasteiger partial charge is 0.456 e. The smallest absolute Gasteiger partial charge is 0.145 e. The van der Waals surface area contributed by atoms with Crippen LogP contribution in [0.25, 0.3) is 72.3 Å². The number of para-hydroxylation sites is 2. The topological polar surface area (TPSA) is 33.7 Å². The molecular formula is C49H35N3O. The van der Waals surface area contributed by atoms with Crippen LogP contribution >= 0.6 is 0 Å². The van der Waals surface area contributed by atoms with Gasteiger partial charge in [-0.3, -0.25) is 0 Å². The van der Waals surface area contributed by atoms with Crippen molar-refractivity contribution in [2.24, 2.45) is 4.99 Å². The average Bonchev–Trinajstić information content (AvgIpc) is 3.75. The second-order valence-corrected chi connectivity index (χ2v) is 13.6. The highest BCUT2D eigenvalue weighted by Crippen LogP contribution is 2.37. The number of hydrogen-bond donors (Lipinski definition) is 0. The van der Waals surface area contributed by atoms with Gasteiger partial charge in [0.25, 0.3) is 0 Å². The quantitative estimate of drug-likeness (QED) is 0.185. The summed E-state index contributed by atoms with van der Waals surface area (Å²) >= 11 is 0. The molecule has 10 rings (SSSR count). The molecule has 0 N–H and O–H groups in total. The van der Waals surface area contributed by atoms with Crippen LogP contribution in [-0.4, -0.2) is 17.3 Å². The highest BCUT2D eigenvalue weighted by Gasteiger charge is 2.25. The summed E-state index contributed by atoms with van der Waals surface area (Å²) < 4.78 is 9.00. The van der Waals surface area contributed by atoms with Gasteiger partial charge in [-0.2, -0.15) is 0 Å². The summed E-state index contributed by atoms with van der Waals surface area (Å²) in [5.74, 6) is 0.847. The van der Waals surface area contributed by atoms with Gasteiger partial charge in [0.2, 0.25) is 0 Å². The van der Waals surface area contributed by atoms with Crippen molar-refractivity contribution in [1.29, 1.82) is 0 Å². The first kappa shape index (κ1) is 30.9. The molecule has 0 amide bonds. The van der Waals surface area contributed by atoms with Crippen LogP contribution in [0, 0.1) is 0 Å². The molecule has 0 atom stereocenters. The van der Waals surface area contributed by atoms with E-state index in [1.54, 1.807) is 0 Å². The van der Waals surface area contributed by atoms with Gasteiger partial charge < -0.3 is 13.9 Å². The molecule has 2 aromatic heterocycles. The minimum Gasteiger partial charge on any atom is -0.456 e. The van der Waals surface area contributed by atoms with Crippen LogP contribution in [0.2, 0.25) is 0 Å². The number of allylic oxidation sites excluding steroid dienone is 2. The maximum Gasteiger partial charge on any atom is 0.145 e. The van der Waals surface area contributed by atoms with Crippen LogP contribution in [0.5, 0.6) is 0 Å². The van der Waals surface area contributed by atoms with Crippen molar-refractivity contribution >= 4 is 66.8 Å². The van der Waals surface area contributed by atoms with Crippen LogP contribution in [-0.2, 0) is 0 Å². The monoisotopic (exact) mass is 681 g/mol. The van der Waals surface area contributed by atoms with Crippen LogP contribution in [0.4, 0.5) is 5.69 Å². The van der Waals surface area contributed by atoms with Crippen molar-refractivity contribution in [3.63, 3.8) is 0 Å². The zero-order valence-electron chi connectivity index (χ0n) is 29.5. The van der Waals surface area contributed by atoms with E-state index in [9.17, 15) is 0 Å². The fourth-order valence-corrected chi connectivity index (χ4v) is 7.93. The third kappa shape index (κ3) is 5.02. The molecule has 0 unspecified atom stereocenters. The molecule has 3 heterocycles. The third-order valence-electron chi connectivity index (χ3n) is 10.5. The Bertz CT molecular complexity index is 3070. The highest BCUT2D eigenvalue weighted by atomic mass is 16.3. The van der Waals surface area contributed by atoms with E-state index in [4.69, 9.17) is 9.41 Å². The van der Waals surface area contributed by atoms with Crippen molar-refractivity contribution in [2.75, 3.05) is 11.9 Å². The normalized spacial score (nSPS) is 14.6. The summed E-state index contributed by atoms with van der Waals surface area (Å²) in [5.41, 5.74) is 11.6. The Morgan fingerprint density at radius 2 is 1.25 bits per heavy atom. The van der Waals surface area contributed by atoms with E-state index in [0.29, 0.717) is 0 Å². The molecule has 0 saturated carbocycles. The second kappa shape index (κ2) is 12.4. The lowest BCUT2D eigenvalue weighted by Crippen LogP contribution is -2.33. The molecule has 1 aliphatic rings. The molecule has 53 heavy (non-hydrogen) atoms. The fourth-order valence-electron chi connectivity index (χ4n) is 7.93. The van der Waals surface area contributed by atoms with Gasteiger partial charge in [-0.15, -0.1) is 0 Å². The number of rotatable bonds is 4. The van der Waals surface area contributed by atoms with Crippen LogP contribution < -0.4 is 15.5 Å². The first-order chi connectivity index (χ1) is 26.2. The van der Waals surface area contributed by atoms with E-state index in [-0.39, 0.29) is 0 Å². The summed E-state index contributed by atoms with van der Waals surface area (Å²) in [5, 5.41) is 6.82. The molecule has 0 radical (unpaired) electrons. The van der Waals surface area contributed by atoms with Crippen LogP contribution in [0.15, 0.2) is 179 Å². The number of fused-ring (bicyclic) bond motifs is 6. The standard InChI is InChI=1S/C49H35N3O/c1-3-4-23-46-47(49-50-48(32-15-7-5-8-16-32)40-29-33-17-11-12-18-34(33)31-44(40)51(49)2)41-30-36(25-27-45(41)53-46)35-24-26-43-39(28-35)38-21-13-14-22-42(38)52(43)37-19-9-6-10-20-37/h3-31H,1-2H3/b4-3-,46-23+,49-47-. The van der Waals surface area contributed by atoms with Gasteiger partial charge in [-0.25, -0.2) is 4.99 Å². The Labute approximate surface area is 307 Å². The van der Waals surface area contributed by atoms with Gasteiger partial charge in [-0.05, 0) is 89.5 Å². The predicted molar refractivity (Wildman–Crippen MR) is 222 cm³/mol. The van der Waals surface area contributed by atoms with E-state index in [0.717, 1.165) is 66.8 Å². The summed E-state index contributed by atoms with van der Waals surface area (Å²) in [6, 6.07) is 56.2. The minimum absolute atomic E-state index is 0.777. The number of furan rings is 1. The third-order valence-corrected chi connectivity index (χ3v) is 10.5. The summed E-state index contributed by atoms with van der Waals surface area (Å²) in [6.07, 6.45) is 6.11. The Morgan fingerprint density at radius 3 is 2.04 bits per heavy atom.